The van der Waals surface area contributed by atoms with Gasteiger partial charge in [-0.1, -0.05) is 36.4 Å². The van der Waals surface area contributed by atoms with Gasteiger partial charge in [0, 0.05) is 54.2 Å². The zero-order valence-electron chi connectivity index (χ0n) is 18.5. The number of para-hydroxylation sites is 1. The van der Waals surface area contributed by atoms with Crippen molar-refractivity contribution >= 4 is 28.1 Å². The van der Waals surface area contributed by atoms with Crippen molar-refractivity contribution in [1.82, 2.24) is 20.2 Å². The van der Waals surface area contributed by atoms with Crippen LogP contribution in [0.4, 0.5) is 0 Å². The van der Waals surface area contributed by atoms with E-state index in [0.29, 0.717) is 13.0 Å². The minimum absolute atomic E-state index is 0.00718. The number of thiazole rings is 1. The van der Waals surface area contributed by atoms with Gasteiger partial charge in [0.2, 0.25) is 5.91 Å². The largest absolute Gasteiger partial charge is 0.379 e. The molecule has 1 fully saturated rings. The SMILES string of the molecule is O=C(Cc1csc(-c2cccc(CN3CCOCC3)c2)n1)NCCc1c[nH]c2ccccc12. The van der Waals surface area contributed by atoms with Crippen LogP contribution in [0.3, 0.4) is 0 Å². The molecule has 2 aromatic carbocycles. The summed E-state index contributed by atoms with van der Waals surface area (Å²) in [5, 5.41) is 7.20. The predicted molar refractivity (Wildman–Crippen MR) is 132 cm³/mol. The van der Waals surface area contributed by atoms with Crippen LogP contribution < -0.4 is 5.32 Å². The Kier molecular flexibility index (Phi) is 6.81. The number of aromatic nitrogens is 2. The number of aromatic amines is 1. The second-order valence-electron chi connectivity index (χ2n) is 8.37. The van der Waals surface area contributed by atoms with Crippen LogP contribution in [0, 0.1) is 0 Å². The number of benzene rings is 2. The van der Waals surface area contributed by atoms with E-state index >= 15 is 0 Å². The third-order valence-electron chi connectivity index (χ3n) is 5.97. The summed E-state index contributed by atoms with van der Waals surface area (Å²) in [5.74, 6) is 0.00718. The van der Waals surface area contributed by atoms with Gasteiger partial charge in [0.15, 0.2) is 0 Å². The van der Waals surface area contributed by atoms with Crippen molar-refractivity contribution in [2.24, 2.45) is 0 Å². The normalized spacial score (nSPS) is 14.5. The van der Waals surface area contributed by atoms with Crippen molar-refractivity contribution in [3.8, 4) is 10.6 Å². The van der Waals surface area contributed by atoms with Gasteiger partial charge in [0.1, 0.15) is 5.01 Å². The number of amides is 1. The third kappa shape index (κ3) is 5.50. The van der Waals surface area contributed by atoms with E-state index in [1.807, 2.05) is 23.7 Å². The Labute approximate surface area is 197 Å². The maximum Gasteiger partial charge on any atom is 0.226 e. The molecule has 2 N–H and O–H groups in total. The van der Waals surface area contributed by atoms with Crippen LogP contribution in [0.1, 0.15) is 16.8 Å². The first-order valence-corrected chi connectivity index (χ1v) is 12.3. The lowest BCUT2D eigenvalue weighted by Gasteiger charge is -2.26. The summed E-state index contributed by atoms with van der Waals surface area (Å²) in [7, 11) is 0. The number of morpholine rings is 1. The second-order valence-corrected chi connectivity index (χ2v) is 9.23. The van der Waals surface area contributed by atoms with Gasteiger partial charge >= 0.3 is 0 Å². The zero-order chi connectivity index (χ0) is 22.5. The van der Waals surface area contributed by atoms with Crippen LogP contribution in [0.2, 0.25) is 0 Å². The molecule has 3 heterocycles. The molecule has 0 atom stereocenters. The molecule has 0 radical (unpaired) electrons. The summed E-state index contributed by atoms with van der Waals surface area (Å²) < 4.78 is 5.44. The molecule has 7 heteroatoms. The molecule has 170 valence electrons. The number of carbonyl (C=O) groups is 1. The number of hydrogen-bond donors (Lipinski definition) is 2. The highest BCUT2D eigenvalue weighted by Crippen LogP contribution is 2.25. The van der Waals surface area contributed by atoms with Crippen LogP contribution in [0.5, 0.6) is 0 Å². The molecule has 1 saturated heterocycles. The van der Waals surface area contributed by atoms with Crippen molar-refractivity contribution in [2.45, 2.75) is 19.4 Å². The third-order valence-corrected chi connectivity index (χ3v) is 6.91. The summed E-state index contributed by atoms with van der Waals surface area (Å²) in [6, 6.07) is 16.8. The Balaban J connectivity index is 1.14. The van der Waals surface area contributed by atoms with Gasteiger partial charge in [-0.15, -0.1) is 11.3 Å². The Bertz CT molecular complexity index is 1230. The first-order valence-electron chi connectivity index (χ1n) is 11.4. The van der Waals surface area contributed by atoms with E-state index in [1.165, 1.54) is 16.5 Å². The van der Waals surface area contributed by atoms with Crippen LogP contribution >= 0.6 is 11.3 Å². The maximum absolute atomic E-state index is 12.5. The van der Waals surface area contributed by atoms with Crippen LogP contribution in [-0.4, -0.2) is 53.6 Å². The van der Waals surface area contributed by atoms with Crippen LogP contribution in [0.15, 0.2) is 60.1 Å². The topological polar surface area (TPSA) is 70.2 Å². The van der Waals surface area contributed by atoms with E-state index in [1.54, 1.807) is 11.3 Å². The van der Waals surface area contributed by atoms with Crippen molar-refractivity contribution in [1.29, 1.82) is 0 Å². The highest BCUT2D eigenvalue weighted by Gasteiger charge is 2.13. The number of hydrogen-bond acceptors (Lipinski definition) is 5. The molecule has 5 rings (SSSR count). The molecular formula is C26H28N4O2S. The van der Waals surface area contributed by atoms with Gasteiger partial charge in [-0.3, -0.25) is 9.69 Å². The summed E-state index contributed by atoms with van der Waals surface area (Å²) in [5.41, 5.74) is 5.55. The molecule has 1 aliphatic heterocycles. The van der Waals surface area contributed by atoms with Gasteiger partial charge in [-0.25, -0.2) is 4.98 Å². The molecule has 4 aromatic rings. The van der Waals surface area contributed by atoms with E-state index in [4.69, 9.17) is 9.72 Å². The molecular weight excluding hydrogens is 432 g/mol. The molecule has 33 heavy (non-hydrogen) atoms. The lowest BCUT2D eigenvalue weighted by Crippen LogP contribution is -2.35. The van der Waals surface area contributed by atoms with Gasteiger partial charge in [-0.05, 0) is 29.7 Å². The van der Waals surface area contributed by atoms with Gasteiger partial charge < -0.3 is 15.0 Å². The van der Waals surface area contributed by atoms with Crippen molar-refractivity contribution in [2.75, 3.05) is 32.8 Å². The number of nitrogens with zero attached hydrogens (tertiary/aromatic N) is 2. The monoisotopic (exact) mass is 460 g/mol. The Morgan fingerprint density at radius 3 is 2.94 bits per heavy atom. The molecule has 1 amide bonds. The Morgan fingerprint density at radius 2 is 2.03 bits per heavy atom. The summed E-state index contributed by atoms with van der Waals surface area (Å²) in [6.45, 7) is 5.09. The number of carbonyl (C=O) groups excluding carboxylic acids is 1. The lowest BCUT2D eigenvalue weighted by molar-refractivity contribution is -0.120. The minimum Gasteiger partial charge on any atom is -0.379 e. The number of rotatable bonds is 8. The first-order chi connectivity index (χ1) is 16.2. The summed E-state index contributed by atoms with van der Waals surface area (Å²) in [4.78, 5) is 22.9. The first kappa shape index (κ1) is 21.8. The molecule has 1 aliphatic rings. The van der Waals surface area contributed by atoms with E-state index in [0.717, 1.165) is 61.1 Å². The van der Waals surface area contributed by atoms with Crippen molar-refractivity contribution in [3.05, 3.63) is 76.9 Å². The lowest BCUT2D eigenvalue weighted by atomic mass is 10.1. The average Bonchev–Trinajstić information content (AvgIpc) is 3.47. The molecule has 2 aromatic heterocycles. The number of ether oxygens (including phenoxy) is 1. The molecule has 0 saturated carbocycles. The quantitative estimate of drug-likeness (QED) is 0.417. The molecule has 0 aliphatic carbocycles. The summed E-state index contributed by atoms with van der Waals surface area (Å²) >= 11 is 1.59. The number of H-pyrrole nitrogens is 1. The maximum atomic E-state index is 12.5. The van der Waals surface area contributed by atoms with E-state index in [2.05, 4.69) is 51.6 Å². The number of fused-ring (bicyclic) bond motifs is 1. The van der Waals surface area contributed by atoms with E-state index in [9.17, 15) is 4.79 Å². The fraction of sp³-hybridized carbons (Fsp3) is 0.308. The van der Waals surface area contributed by atoms with E-state index < -0.39 is 0 Å². The van der Waals surface area contributed by atoms with Crippen LogP contribution in [-0.2, 0) is 28.9 Å². The molecule has 0 unspecified atom stereocenters. The Morgan fingerprint density at radius 1 is 1.15 bits per heavy atom. The molecule has 6 nitrogen and oxygen atoms in total. The molecule has 0 spiro atoms. The smallest absolute Gasteiger partial charge is 0.226 e. The second kappa shape index (κ2) is 10.3. The standard InChI is InChI=1S/C26H28N4O2S/c31-25(27-9-8-21-16-28-24-7-2-1-6-23(21)24)15-22-18-33-26(29-22)20-5-3-4-19(14-20)17-30-10-12-32-13-11-30/h1-7,14,16,18,28H,8-13,15,17H2,(H,27,31). The Hall–Kier alpha value is -3.00. The summed E-state index contributed by atoms with van der Waals surface area (Å²) in [6.07, 6.45) is 3.13. The molecule has 0 bridgehead atoms. The predicted octanol–water partition coefficient (Wildman–Crippen LogP) is 4.03. The minimum atomic E-state index is 0.00718. The fourth-order valence-corrected chi connectivity index (χ4v) is 5.06. The van der Waals surface area contributed by atoms with Gasteiger partial charge in [-0.2, -0.15) is 0 Å². The average molecular weight is 461 g/mol. The van der Waals surface area contributed by atoms with Crippen LogP contribution in [0.25, 0.3) is 21.5 Å². The highest BCUT2D eigenvalue weighted by molar-refractivity contribution is 7.13. The fourth-order valence-electron chi connectivity index (χ4n) is 4.24. The van der Waals surface area contributed by atoms with E-state index in [-0.39, 0.29) is 5.91 Å². The van der Waals surface area contributed by atoms with Gasteiger partial charge in [0.25, 0.3) is 0 Å². The zero-order valence-corrected chi connectivity index (χ0v) is 19.4. The van der Waals surface area contributed by atoms with Crippen molar-refractivity contribution in [3.63, 3.8) is 0 Å². The highest BCUT2D eigenvalue weighted by atomic mass is 32.1. The number of nitrogens with one attached hydrogen (secondary N) is 2. The van der Waals surface area contributed by atoms with Crippen molar-refractivity contribution < 1.29 is 9.53 Å². The van der Waals surface area contributed by atoms with Gasteiger partial charge in [0.05, 0.1) is 25.3 Å².